The van der Waals surface area contributed by atoms with Gasteiger partial charge in [-0.1, -0.05) is 0 Å². The molecule has 0 saturated carbocycles. The molecule has 1 aromatic heterocycles. The van der Waals surface area contributed by atoms with E-state index in [0.29, 0.717) is 17.2 Å². The van der Waals surface area contributed by atoms with Crippen molar-refractivity contribution in [2.45, 2.75) is 13.8 Å². The summed E-state index contributed by atoms with van der Waals surface area (Å²) >= 11 is 4.83. The van der Waals surface area contributed by atoms with E-state index in [4.69, 9.17) is 17.0 Å². The smallest absolute Gasteiger partial charge is 0.412 e. The van der Waals surface area contributed by atoms with Gasteiger partial charge in [-0.05, 0) is 26.1 Å². The fourth-order valence-corrected chi connectivity index (χ4v) is 1.12. The maximum Gasteiger partial charge on any atom is 0.412 e. The molecular formula is C7H11N3O2S. The van der Waals surface area contributed by atoms with Gasteiger partial charge in [-0.2, -0.15) is 0 Å². The number of aryl methyl sites for hydroxylation is 1. The van der Waals surface area contributed by atoms with Gasteiger partial charge in [0.15, 0.2) is 4.77 Å². The third kappa shape index (κ3) is 2.59. The number of amides is 1. The molecule has 0 radical (unpaired) electrons. The molecule has 0 aliphatic heterocycles. The van der Waals surface area contributed by atoms with E-state index >= 15 is 0 Å². The summed E-state index contributed by atoms with van der Waals surface area (Å²) in [6, 6.07) is 0. The predicted molar refractivity (Wildman–Crippen MR) is 51.4 cm³/mol. The van der Waals surface area contributed by atoms with E-state index in [-0.39, 0.29) is 0 Å². The van der Waals surface area contributed by atoms with E-state index in [1.54, 1.807) is 13.8 Å². The van der Waals surface area contributed by atoms with Crippen LogP contribution in [0.15, 0.2) is 0 Å². The number of rotatable bonds is 2. The normalized spacial score (nSPS) is 9.69. The lowest BCUT2D eigenvalue weighted by Gasteiger charge is -2.02. The van der Waals surface area contributed by atoms with Crippen molar-refractivity contribution in [1.82, 2.24) is 9.97 Å². The quantitative estimate of drug-likeness (QED) is 0.640. The van der Waals surface area contributed by atoms with Gasteiger partial charge in [-0.15, -0.1) is 0 Å². The molecule has 0 unspecified atom stereocenters. The highest BCUT2D eigenvalue weighted by molar-refractivity contribution is 7.71. The summed E-state index contributed by atoms with van der Waals surface area (Å²) in [6.07, 6.45) is -0.490. The van der Waals surface area contributed by atoms with Crippen molar-refractivity contribution in [1.29, 1.82) is 0 Å². The maximum atomic E-state index is 11.0. The van der Waals surface area contributed by atoms with Gasteiger partial charge in [0, 0.05) is 0 Å². The highest BCUT2D eigenvalue weighted by Crippen LogP contribution is 2.08. The van der Waals surface area contributed by atoms with Gasteiger partial charge in [-0.25, -0.2) is 4.79 Å². The molecule has 0 fully saturated rings. The van der Waals surface area contributed by atoms with Crippen LogP contribution in [0.25, 0.3) is 0 Å². The van der Waals surface area contributed by atoms with Gasteiger partial charge in [-0.3, -0.25) is 5.32 Å². The number of hydrogen-bond donors (Lipinski definition) is 3. The molecule has 0 aliphatic rings. The number of hydrogen-bond acceptors (Lipinski definition) is 3. The second kappa shape index (κ2) is 4.08. The van der Waals surface area contributed by atoms with Crippen LogP contribution < -0.4 is 5.32 Å². The van der Waals surface area contributed by atoms with Crippen molar-refractivity contribution in [3.8, 4) is 0 Å². The van der Waals surface area contributed by atoms with Gasteiger partial charge in [0.2, 0.25) is 0 Å². The average Bonchev–Trinajstić information content (AvgIpc) is 2.30. The largest absolute Gasteiger partial charge is 0.450 e. The van der Waals surface area contributed by atoms with E-state index in [9.17, 15) is 4.79 Å². The second-order valence-electron chi connectivity index (χ2n) is 2.42. The summed E-state index contributed by atoms with van der Waals surface area (Å²) in [5, 5.41) is 2.52. The lowest BCUT2D eigenvalue weighted by molar-refractivity contribution is 0.168. The fraction of sp³-hybridized carbons (Fsp3) is 0.429. The molecule has 0 spiro atoms. The minimum absolute atomic E-state index is 0.343. The van der Waals surface area contributed by atoms with Crippen LogP contribution in [-0.4, -0.2) is 22.7 Å². The van der Waals surface area contributed by atoms with E-state index in [1.165, 1.54) is 0 Å². The fourth-order valence-electron chi connectivity index (χ4n) is 0.866. The first-order valence-corrected chi connectivity index (χ1v) is 4.27. The van der Waals surface area contributed by atoms with Gasteiger partial charge < -0.3 is 14.7 Å². The third-order valence-electron chi connectivity index (χ3n) is 1.42. The molecule has 3 N–H and O–H groups in total. The van der Waals surface area contributed by atoms with Crippen molar-refractivity contribution in [3.63, 3.8) is 0 Å². The maximum absolute atomic E-state index is 11.0. The van der Waals surface area contributed by atoms with Crippen LogP contribution in [0.3, 0.4) is 0 Å². The highest BCUT2D eigenvalue weighted by Gasteiger charge is 2.05. The monoisotopic (exact) mass is 201 g/mol. The molecule has 1 heterocycles. The van der Waals surface area contributed by atoms with Gasteiger partial charge in [0.05, 0.1) is 12.3 Å². The molecule has 13 heavy (non-hydrogen) atoms. The lowest BCUT2D eigenvalue weighted by Crippen LogP contribution is -2.14. The first-order chi connectivity index (χ1) is 6.13. The number of ether oxygens (including phenoxy) is 1. The van der Waals surface area contributed by atoms with Crippen LogP contribution in [-0.2, 0) is 4.74 Å². The summed E-state index contributed by atoms with van der Waals surface area (Å²) in [4.78, 5) is 16.6. The molecule has 6 heteroatoms. The summed E-state index contributed by atoms with van der Waals surface area (Å²) in [5.74, 6) is 0.545. The molecule has 0 aromatic carbocycles. The molecule has 0 saturated heterocycles. The minimum atomic E-state index is -0.490. The number of carbonyl (C=O) groups excluding carboxylic acids is 1. The van der Waals surface area contributed by atoms with E-state index < -0.39 is 6.09 Å². The van der Waals surface area contributed by atoms with Crippen LogP contribution >= 0.6 is 12.2 Å². The van der Waals surface area contributed by atoms with Crippen LogP contribution in [0, 0.1) is 11.7 Å². The number of anilines is 1. The Balaban J connectivity index is 2.68. The number of aromatic amines is 2. The first-order valence-electron chi connectivity index (χ1n) is 3.86. The molecule has 0 aliphatic carbocycles. The Labute approximate surface area is 80.5 Å². The zero-order chi connectivity index (χ0) is 9.84. The molecule has 5 nitrogen and oxygen atoms in total. The zero-order valence-electron chi connectivity index (χ0n) is 7.43. The van der Waals surface area contributed by atoms with Crippen molar-refractivity contribution >= 4 is 24.1 Å². The molecule has 1 amide bonds. The molecule has 1 aromatic rings. The molecule has 0 atom stereocenters. The van der Waals surface area contributed by atoms with Gasteiger partial charge in [0.25, 0.3) is 0 Å². The van der Waals surface area contributed by atoms with Crippen LogP contribution in [0.1, 0.15) is 12.6 Å². The van der Waals surface area contributed by atoms with Crippen molar-refractivity contribution < 1.29 is 9.53 Å². The predicted octanol–water partition coefficient (Wildman–Crippen LogP) is 1.95. The summed E-state index contributed by atoms with van der Waals surface area (Å²) in [6.45, 7) is 3.88. The van der Waals surface area contributed by atoms with Crippen LogP contribution in [0.2, 0.25) is 0 Å². The number of carbonyl (C=O) groups is 1. The Bertz CT molecular complexity index is 355. The van der Waals surface area contributed by atoms with E-state index in [2.05, 4.69) is 15.3 Å². The molecular weight excluding hydrogens is 190 g/mol. The number of H-pyrrole nitrogens is 2. The van der Waals surface area contributed by atoms with E-state index in [1.807, 2.05) is 0 Å². The van der Waals surface area contributed by atoms with Gasteiger partial charge >= 0.3 is 6.09 Å². The SMILES string of the molecule is CCOC(=O)Nc1[nH]c(=S)[nH]c1C. The zero-order valence-corrected chi connectivity index (χ0v) is 8.25. The Morgan fingerprint density at radius 3 is 2.77 bits per heavy atom. The minimum Gasteiger partial charge on any atom is -0.450 e. The van der Waals surface area contributed by atoms with Crippen LogP contribution in [0.5, 0.6) is 0 Å². The van der Waals surface area contributed by atoms with Crippen molar-refractivity contribution in [2.75, 3.05) is 11.9 Å². The topological polar surface area (TPSA) is 69.9 Å². The second-order valence-corrected chi connectivity index (χ2v) is 2.83. The Morgan fingerprint density at radius 2 is 2.31 bits per heavy atom. The Kier molecular flexibility index (Phi) is 3.07. The average molecular weight is 201 g/mol. The number of nitrogens with one attached hydrogen (secondary N) is 3. The Morgan fingerprint density at radius 1 is 1.62 bits per heavy atom. The van der Waals surface area contributed by atoms with Gasteiger partial charge in [0.1, 0.15) is 5.82 Å². The summed E-state index contributed by atoms with van der Waals surface area (Å²) in [7, 11) is 0. The highest BCUT2D eigenvalue weighted by atomic mass is 32.1. The van der Waals surface area contributed by atoms with Crippen molar-refractivity contribution in [2.24, 2.45) is 0 Å². The number of aromatic nitrogens is 2. The standard InChI is InChI=1S/C7H11N3O2S/c1-3-12-7(11)10-5-4(2)8-6(13)9-5/h3H2,1-2H3,(H,10,11)(H2,8,9,13). The third-order valence-corrected chi connectivity index (χ3v) is 1.62. The summed E-state index contributed by atoms with van der Waals surface area (Å²) < 4.78 is 5.17. The van der Waals surface area contributed by atoms with E-state index in [0.717, 1.165) is 5.69 Å². The summed E-state index contributed by atoms with van der Waals surface area (Å²) in [5.41, 5.74) is 0.776. The Hall–Kier alpha value is -1.30. The van der Waals surface area contributed by atoms with Crippen LogP contribution in [0.4, 0.5) is 10.6 Å². The van der Waals surface area contributed by atoms with Crippen molar-refractivity contribution in [3.05, 3.63) is 10.5 Å². The first kappa shape index (κ1) is 9.79. The lowest BCUT2D eigenvalue weighted by atomic mass is 10.5. The number of imidazole rings is 1. The molecule has 72 valence electrons. The molecule has 0 bridgehead atoms. The molecule has 1 rings (SSSR count).